The Labute approximate surface area is 209 Å². The summed E-state index contributed by atoms with van der Waals surface area (Å²) < 4.78 is 8.37. The monoisotopic (exact) mass is 500 g/mol. The molecule has 2 N–H and O–H groups in total. The first-order valence-corrected chi connectivity index (χ1v) is 16.1. The topological polar surface area (TPSA) is 101 Å². The van der Waals surface area contributed by atoms with Gasteiger partial charge in [0.1, 0.15) is 0 Å². The van der Waals surface area contributed by atoms with Crippen LogP contribution in [0.4, 0.5) is 5.69 Å². The molecule has 0 saturated carbocycles. The SMILES string of the molecule is C[C@H]1[C@H]([Si](C)(C)O)[C@@H](CCn2cc(CCO)nn2)O[C@H]1CCc1ccc(N2CCCCC2=O)cc1. The van der Waals surface area contributed by atoms with E-state index < -0.39 is 8.32 Å². The number of piperidine rings is 1. The van der Waals surface area contributed by atoms with Gasteiger partial charge in [0.05, 0.1) is 17.9 Å². The van der Waals surface area contributed by atoms with E-state index in [0.29, 0.717) is 19.4 Å². The van der Waals surface area contributed by atoms with Gasteiger partial charge in [0.25, 0.3) is 0 Å². The van der Waals surface area contributed by atoms with Gasteiger partial charge in [-0.1, -0.05) is 24.3 Å². The van der Waals surface area contributed by atoms with Crippen LogP contribution >= 0.6 is 0 Å². The summed E-state index contributed by atoms with van der Waals surface area (Å²) in [6.07, 6.45) is 7.79. The van der Waals surface area contributed by atoms with Gasteiger partial charge in [0.15, 0.2) is 8.32 Å². The standard InChI is InChI=1S/C26H40N4O4Si/c1-19-23(12-9-20-7-10-22(11-8-20)30-15-5-4-6-25(30)32)34-24(26(19)35(2,3)33)13-16-29-18-21(14-17-31)27-28-29/h7-8,10-11,18-19,23-24,26,31,33H,4-6,9,12-17H2,1-3H3/t19-,23+,24-,26+/m1/s1. The Morgan fingerprint density at radius 2 is 1.89 bits per heavy atom. The lowest BCUT2D eigenvalue weighted by Crippen LogP contribution is -2.40. The molecule has 1 aromatic heterocycles. The van der Waals surface area contributed by atoms with Crippen molar-refractivity contribution in [3.8, 4) is 0 Å². The van der Waals surface area contributed by atoms with Crippen LogP contribution in [0.1, 0.15) is 50.3 Å². The number of ether oxygens (including phenoxy) is 1. The number of hydrogen-bond acceptors (Lipinski definition) is 6. The molecule has 0 unspecified atom stereocenters. The molecule has 4 rings (SSSR count). The smallest absolute Gasteiger partial charge is 0.226 e. The van der Waals surface area contributed by atoms with Gasteiger partial charge in [-0.15, -0.1) is 5.10 Å². The molecular formula is C26H40N4O4Si. The molecule has 1 aromatic carbocycles. The molecule has 35 heavy (non-hydrogen) atoms. The number of aryl methyl sites for hydroxylation is 2. The van der Waals surface area contributed by atoms with Crippen molar-refractivity contribution < 1.29 is 19.4 Å². The highest BCUT2D eigenvalue weighted by Crippen LogP contribution is 2.45. The van der Waals surface area contributed by atoms with E-state index in [4.69, 9.17) is 9.84 Å². The molecule has 8 nitrogen and oxygen atoms in total. The first-order valence-electron chi connectivity index (χ1n) is 13.0. The van der Waals surface area contributed by atoms with Crippen molar-refractivity contribution in [1.29, 1.82) is 0 Å². The second-order valence-corrected chi connectivity index (χ2v) is 14.7. The molecule has 0 spiro atoms. The van der Waals surface area contributed by atoms with Gasteiger partial charge in [-0.3, -0.25) is 9.48 Å². The zero-order chi connectivity index (χ0) is 25.0. The van der Waals surface area contributed by atoms with Crippen LogP contribution in [-0.4, -0.2) is 64.5 Å². The fourth-order valence-electron chi connectivity index (χ4n) is 5.85. The number of aliphatic hydroxyl groups is 1. The molecule has 0 aliphatic carbocycles. The highest BCUT2D eigenvalue weighted by molar-refractivity contribution is 6.71. The van der Waals surface area contributed by atoms with Crippen LogP contribution in [0.2, 0.25) is 18.6 Å². The first-order chi connectivity index (χ1) is 16.8. The Balaban J connectivity index is 1.35. The number of nitrogens with zero attached hydrogens (tertiary/aromatic N) is 4. The molecule has 2 aliphatic heterocycles. The molecule has 2 aliphatic rings. The highest BCUT2D eigenvalue weighted by atomic mass is 28.4. The van der Waals surface area contributed by atoms with E-state index in [2.05, 4.69) is 41.5 Å². The number of amides is 1. The third-order valence-corrected chi connectivity index (χ3v) is 10.1. The largest absolute Gasteiger partial charge is 0.432 e. The molecule has 2 saturated heterocycles. The van der Waals surface area contributed by atoms with E-state index in [-0.39, 0.29) is 36.2 Å². The van der Waals surface area contributed by atoms with E-state index in [1.165, 1.54) is 5.56 Å². The zero-order valence-corrected chi connectivity index (χ0v) is 22.3. The number of benzene rings is 1. The summed E-state index contributed by atoms with van der Waals surface area (Å²) in [6.45, 7) is 7.81. The van der Waals surface area contributed by atoms with Crippen molar-refractivity contribution >= 4 is 19.9 Å². The maximum Gasteiger partial charge on any atom is 0.226 e. The maximum atomic E-state index is 12.2. The van der Waals surface area contributed by atoms with Gasteiger partial charge in [-0.05, 0) is 68.8 Å². The van der Waals surface area contributed by atoms with Gasteiger partial charge >= 0.3 is 0 Å². The lowest BCUT2D eigenvalue weighted by molar-refractivity contribution is -0.119. The lowest BCUT2D eigenvalue weighted by Gasteiger charge is -2.30. The fourth-order valence-corrected chi connectivity index (χ4v) is 8.50. The van der Waals surface area contributed by atoms with Crippen LogP contribution < -0.4 is 4.90 Å². The molecule has 4 atom stereocenters. The summed E-state index contributed by atoms with van der Waals surface area (Å²) in [5.41, 5.74) is 3.19. The van der Waals surface area contributed by atoms with Gasteiger partial charge in [0.2, 0.25) is 5.91 Å². The molecular weight excluding hydrogens is 460 g/mol. The van der Waals surface area contributed by atoms with Gasteiger partial charge in [-0.25, -0.2) is 0 Å². The number of aliphatic hydroxyl groups excluding tert-OH is 1. The molecule has 3 heterocycles. The molecule has 2 fully saturated rings. The Bertz CT molecular complexity index is 974. The minimum Gasteiger partial charge on any atom is -0.432 e. The molecule has 1 amide bonds. The number of anilines is 1. The van der Waals surface area contributed by atoms with Crippen molar-refractivity contribution in [3.63, 3.8) is 0 Å². The van der Waals surface area contributed by atoms with E-state index in [1.807, 2.05) is 28.9 Å². The first kappa shape index (κ1) is 26.0. The van der Waals surface area contributed by atoms with Crippen molar-refractivity contribution in [1.82, 2.24) is 15.0 Å². The van der Waals surface area contributed by atoms with E-state index in [9.17, 15) is 9.59 Å². The Morgan fingerprint density at radius 1 is 1.11 bits per heavy atom. The summed E-state index contributed by atoms with van der Waals surface area (Å²) in [5, 5.41) is 17.4. The Morgan fingerprint density at radius 3 is 2.57 bits per heavy atom. The predicted octanol–water partition coefficient (Wildman–Crippen LogP) is 3.32. The van der Waals surface area contributed by atoms with Crippen LogP contribution in [-0.2, 0) is 28.9 Å². The Hall–Kier alpha value is -2.07. The summed E-state index contributed by atoms with van der Waals surface area (Å²) in [7, 11) is -2.42. The van der Waals surface area contributed by atoms with Crippen LogP contribution in [0, 0.1) is 5.92 Å². The quantitative estimate of drug-likeness (QED) is 0.486. The predicted molar refractivity (Wildman–Crippen MR) is 138 cm³/mol. The van der Waals surface area contributed by atoms with E-state index >= 15 is 0 Å². The average molecular weight is 501 g/mol. The third-order valence-electron chi connectivity index (χ3n) is 7.60. The van der Waals surface area contributed by atoms with Crippen molar-refractivity contribution in [3.05, 3.63) is 41.7 Å². The van der Waals surface area contributed by atoms with Crippen molar-refractivity contribution in [2.24, 2.45) is 5.92 Å². The lowest BCUT2D eigenvalue weighted by atomic mass is 9.95. The van der Waals surface area contributed by atoms with E-state index in [0.717, 1.165) is 50.0 Å². The van der Waals surface area contributed by atoms with Crippen molar-refractivity contribution in [2.45, 2.75) is 89.3 Å². The second-order valence-electron chi connectivity index (χ2n) is 10.7. The fraction of sp³-hybridized carbons (Fsp3) is 0.654. The number of hydrogen-bond donors (Lipinski definition) is 2. The average Bonchev–Trinajstić information content (AvgIpc) is 3.40. The minimum atomic E-state index is -2.42. The molecule has 192 valence electrons. The maximum absolute atomic E-state index is 12.2. The van der Waals surface area contributed by atoms with Gasteiger partial charge in [-0.2, -0.15) is 0 Å². The number of rotatable bonds is 10. The number of carbonyl (C=O) groups is 1. The summed E-state index contributed by atoms with van der Waals surface area (Å²) >= 11 is 0. The second kappa shape index (κ2) is 11.3. The molecule has 9 heteroatoms. The Kier molecular flexibility index (Phi) is 8.41. The highest BCUT2D eigenvalue weighted by Gasteiger charge is 2.49. The van der Waals surface area contributed by atoms with Gasteiger partial charge < -0.3 is 19.5 Å². The summed E-state index contributed by atoms with van der Waals surface area (Å²) in [5.74, 6) is 0.512. The van der Waals surface area contributed by atoms with Crippen LogP contribution in [0.5, 0.6) is 0 Å². The third kappa shape index (κ3) is 6.38. The van der Waals surface area contributed by atoms with Crippen LogP contribution in [0.3, 0.4) is 0 Å². The van der Waals surface area contributed by atoms with Crippen LogP contribution in [0.25, 0.3) is 0 Å². The number of aromatic nitrogens is 3. The van der Waals surface area contributed by atoms with E-state index in [1.54, 1.807) is 0 Å². The number of carbonyl (C=O) groups excluding carboxylic acids is 1. The summed E-state index contributed by atoms with van der Waals surface area (Å²) in [6, 6.07) is 8.39. The van der Waals surface area contributed by atoms with Crippen LogP contribution in [0.15, 0.2) is 30.5 Å². The molecule has 2 aromatic rings. The zero-order valence-electron chi connectivity index (χ0n) is 21.3. The van der Waals surface area contributed by atoms with Gasteiger partial charge in [0, 0.05) is 50.0 Å². The summed E-state index contributed by atoms with van der Waals surface area (Å²) in [4.78, 5) is 25.2. The molecule has 0 radical (unpaired) electrons. The van der Waals surface area contributed by atoms with Crippen molar-refractivity contribution in [2.75, 3.05) is 18.1 Å². The normalized spacial score (nSPS) is 25.4. The minimum absolute atomic E-state index is 0.000326. The molecule has 0 bridgehead atoms.